The maximum Gasteiger partial charge on any atom is 0.220 e. The molecular weight excluding hydrogens is 358 g/mol. The molecule has 1 N–H and O–H groups in total. The quantitative estimate of drug-likeness (QED) is 0.699. The summed E-state index contributed by atoms with van der Waals surface area (Å²) in [6.45, 7) is 5.02. The van der Waals surface area contributed by atoms with Gasteiger partial charge >= 0.3 is 0 Å². The molecule has 0 bridgehead atoms. The van der Waals surface area contributed by atoms with Crippen LogP contribution >= 0.6 is 15.9 Å². The first kappa shape index (κ1) is 17.8. The molecule has 124 valence electrons. The summed E-state index contributed by atoms with van der Waals surface area (Å²) in [5.74, 6) is 1.62. The molecule has 1 amide bonds. The first-order valence-corrected chi connectivity index (χ1v) is 8.57. The molecule has 2 rings (SSSR count). The van der Waals surface area contributed by atoms with Gasteiger partial charge in [0.05, 0.1) is 12.7 Å². The third kappa shape index (κ3) is 5.84. The number of amides is 1. The maximum atomic E-state index is 11.8. The van der Waals surface area contributed by atoms with Crippen LogP contribution in [0, 0.1) is 0 Å². The number of hydrogen-bond acceptors (Lipinski definition) is 3. The van der Waals surface area contributed by atoms with Crippen molar-refractivity contribution in [3.63, 3.8) is 0 Å². The number of carbonyl (C=O) groups excluding carboxylic acids is 1. The highest BCUT2D eigenvalue weighted by Crippen LogP contribution is 2.29. The summed E-state index contributed by atoms with van der Waals surface area (Å²) in [6, 6.07) is 11.8. The summed E-state index contributed by atoms with van der Waals surface area (Å²) in [5.41, 5.74) is 1.01. The van der Waals surface area contributed by atoms with E-state index in [1.807, 2.05) is 50.2 Å². The Morgan fingerprint density at radius 3 is 2.78 bits per heavy atom. The van der Waals surface area contributed by atoms with Gasteiger partial charge in [0, 0.05) is 29.4 Å². The summed E-state index contributed by atoms with van der Waals surface area (Å²) < 4.78 is 12.2. The van der Waals surface area contributed by atoms with E-state index in [4.69, 9.17) is 9.15 Å². The molecule has 5 heteroatoms. The number of furan rings is 1. The molecule has 1 heterocycles. The fraction of sp³-hybridized carbons (Fsp3) is 0.389. The average Bonchev–Trinajstić information content (AvgIpc) is 2.98. The lowest BCUT2D eigenvalue weighted by Crippen LogP contribution is -2.28. The van der Waals surface area contributed by atoms with Crippen molar-refractivity contribution >= 4 is 21.8 Å². The summed E-state index contributed by atoms with van der Waals surface area (Å²) in [6.07, 6.45) is 1.18. The second-order valence-electron chi connectivity index (χ2n) is 5.52. The largest absolute Gasteiger partial charge is 0.461 e. The van der Waals surface area contributed by atoms with E-state index in [9.17, 15) is 4.79 Å². The zero-order valence-electron chi connectivity index (χ0n) is 13.5. The van der Waals surface area contributed by atoms with E-state index in [2.05, 4.69) is 21.2 Å². The molecule has 0 unspecified atom stereocenters. The molecule has 0 saturated carbocycles. The lowest BCUT2D eigenvalue weighted by molar-refractivity contribution is -0.121. The minimum Gasteiger partial charge on any atom is -0.461 e. The molecular formula is C18H22BrNO3. The number of benzene rings is 1. The van der Waals surface area contributed by atoms with Crippen molar-refractivity contribution < 1.29 is 13.9 Å². The van der Waals surface area contributed by atoms with Gasteiger partial charge in [-0.05, 0) is 32.0 Å². The second-order valence-corrected chi connectivity index (χ2v) is 6.37. The molecule has 0 aliphatic rings. The van der Waals surface area contributed by atoms with Gasteiger partial charge in [0.1, 0.15) is 11.5 Å². The first-order chi connectivity index (χ1) is 11.1. The van der Waals surface area contributed by atoms with Crippen LogP contribution < -0.4 is 5.32 Å². The van der Waals surface area contributed by atoms with E-state index in [1.165, 1.54) is 0 Å². The van der Waals surface area contributed by atoms with Crippen LogP contribution in [0.3, 0.4) is 0 Å². The summed E-state index contributed by atoms with van der Waals surface area (Å²) in [7, 11) is 0. The summed E-state index contributed by atoms with van der Waals surface area (Å²) in [5, 5.41) is 2.84. The smallest absolute Gasteiger partial charge is 0.220 e. The van der Waals surface area contributed by atoms with Crippen molar-refractivity contribution in [2.24, 2.45) is 0 Å². The minimum absolute atomic E-state index is 0.0104. The maximum absolute atomic E-state index is 11.8. The van der Waals surface area contributed by atoms with Gasteiger partial charge in [-0.15, -0.1) is 0 Å². The summed E-state index contributed by atoms with van der Waals surface area (Å²) in [4.78, 5) is 11.8. The van der Waals surface area contributed by atoms with Gasteiger partial charge < -0.3 is 14.5 Å². The van der Waals surface area contributed by atoms with Gasteiger partial charge in [0.2, 0.25) is 5.91 Å². The van der Waals surface area contributed by atoms with Crippen molar-refractivity contribution in [1.29, 1.82) is 0 Å². The van der Waals surface area contributed by atoms with Crippen molar-refractivity contribution in [3.05, 3.63) is 46.6 Å². The number of nitrogens with one attached hydrogen (secondary N) is 1. The van der Waals surface area contributed by atoms with Crippen LogP contribution in [0.4, 0.5) is 0 Å². The molecule has 23 heavy (non-hydrogen) atoms. The number of halogens is 1. The van der Waals surface area contributed by atoms with Gasteiger partial charge in [-0.2, -0.15) is 0 Å². The molecule has 0 atom stereocenters. The highest BCUT2D eigenvalue weighted by molar-refractivity contribution is 9.10. The third-order valence-corrected chi connectivity index (χ3v) is 3.97. The Morgan fingerprint density at radius 1 is 1.26 bits per heavy atom. The molecule has 1 aromatic heterocycles. The Bertz CT molecular complexity index is 637. The number of ether oxygens (including phenoxy) is 1. The molecule has 0 saturated heterocycles. The lowest BCUT2D eigenvalue weighted by atomic mass is 10.2. The van der Waals surface area contributed by atoms with Crippen molar-refractivity contribution in [2.45, 2.75) is 32.8 Å². The predicted octanol–water partition coefficient (Wildman–Crippen LogP) is 4.18. The van der Waals surface area contributed by atoms with Crippen LogP contribution in [0.15, 0.2) is 45.3 Å². The van der Waals surface area contributed by atoms with Gasteiger partial charge in [0.25, 0.3) is 0 Å². The standard InChI is InChI=1S/C18H22BrNO3/c1-13(2)22-12-11-20-18(21)10-8-14-7-9-17(23-14)15-5-3-4-6-16(15)19/h3-7,9,13H,8,10-12H2,1-2H3,(H,20,21). The number of aryl methyl sites for hydroxylation is 1. The Morgan fingerprint density at radius 2 is 2.04 bits per heavy atom. The van der Waals surface area contributed by atoms with E-state index in [1.54, 1.807) is 0 Å². The van der Waals surface area contributed by atoms with Crippen LogP contribution in [0.1, 0.15) is 26.0 Å². The normalized spacial score (nSPS) is 11.0. The first-order valence-electron chi connectivity index (χ1n) is 7.78. The van der Waals surface area contributed by atoms with Gasteiger partial charge in [0.15, 0.2) is 0 Å². The molecule has 0 aliphatic heterocycles. The minimum atomic E-state index is 0.0104. The fourth-order valence-corrected chi connectivity index (χ4v) is 2.61. The van der Waals surface area contributed by atoms with E-state index in [0.29, 0.717) is 26.0 Å². The zero-order valence-corrected chi connectivity index (χ0v) is 15.1. The topological polar surface area (TPSA) is 51.5 Å². The number of carbonyl (C=O) groups is 1. The predicted molar refractivity (Wildman–Crippen MR) is 94.3 cm³/mol. The molecule has 0 fully saturated rings. The van der Waals surface area contributed by atoms with E-state index >= 15 is 0 Å². The van der Waals surface area contributed by atoms with E-state index in [0.717, 1.165) is 21.6 Å². The Labute approximate surface area is 145 Å². The Hall–Kier alpha value is -1.59. The van der Waals surface area contributed by atoms with E-state index < -0.39 is 0 Å². The van der Waals surface area contributed by atoms with Crippen molar-refractivity contribution in [2.75, 3.05) is 13.2 Å². The molecule has 4 nitrogen and oxygen atoms in total. The number of rotatable bonds is 8. The van der Waals surface area contributed by atoms with Gasteiger partial charge in [-0.1, -0.05) is 34.1 Å². The van der Waals surface area contributed by atoms with Crippen LogP contribution in [0.25, 0.3) is 11.3 Å². The molecule has 0 radical (unpaired) electrons. The highest BCUT2D eigenvalue weighted by Gasteiger charge is 2.09. The number of hydrogen-bond donors (Lipinski definition) is 1. The molecule has 2 aromatic rings. The zero-order chi connectivity index (χ0) is 16.7. The SMILES string of the molecule is CC(C)OCCNC(=O)CCc1ccc(-c2ccccc2Br)o1. The fourth-order valence-electron chi connectivity index (χ4n) is 2.13. The highest BCUT2D eigenvalue weighted by atomic mass is 79.9. The summed E-state index contributed by atoms with van der Waals surface area (Å²) >= 11 is 3.51. The van der Waals surface area contributed by atoms with Gasteiger partial charge in [-0.25, -0.2) is 0 Å². The third-order valence-electron chi connectivity index (χ3n) is 3.27. The lowest BCUT2D eigenvalue weighted by Gasteiger charge is -2.08. The van der Waals surface area contributed by atoms with Crippen LogP contribution in [0.5, 0.6) is 0 Å². The van der Waals surface area contributed by atoms with Crippen LogP contribution in [-0.2, 0) is 16.0 Å². The van der Waals surface area contributed by atoms with Crippen LogP contribution in [-0.4, -0.2) is 25.2 Å². The Kier molecular flexibility index (Phi) is 6.86. The second kappa shape index (κ2) is 8.89. The van der Waals surface area contributed by atoms with Crippen molar-refractivity contribution in [1.82, 2.24) is 5.32 Å². The molecule has 0 spiro atoms. The average molecular weight is 380 g/mol. The van der Waals surface area contributed by atoms with Gasteiger partial charge in [-0.3, -0.25) is 4.79 Å². The monoisotopic (exact) mass is 379 g/mol. The molecule has 1 aromatic carbocycles. The molecule has 0 aliphatic carbocycles. The van der Waals surface area contributed by atoms with E-state index in [-0.39, 0.29) is 12.0 Å². The van der Waals surface area contributed by atoms with Crippen molar-refractivity contribution in [3.8, 4) is 11.3 Å². The van der Waals surface area contributed by atoms with Crippen LogP contribution in [0.2, 0.25) is 0 Å². The Balaban J connectivity index is 1.79.